The minimum absolute atomic E-state index is 0.346. The Hall–Kier alpha value is -2.03. The maximum Gasteiger partial charge on any atom is 0.259 e. The van der Waals surface area contributed by atoms with E-state index in [0.29, 0.717) is 16.4 Å². The summed E-state index contributed by atoms with van der Waals surface area (Å²) in [7, 11) is -3.65. The minimum Gasteiger partial charge on any atom is -0.299 e. The molecule has 138 valence electrons. The molecule has 0 aromatic heterocycles. The highest BCUT2D eigenvalue weighted by Crippen LogP contribution is 2.20. The van der Waals surface area contributed by atoms with Gasteiger partial charge in [0.1, 0.15) is 6.54 Å². The van der Waals surface area contributed by atoms with E-state index >= 15 is 0 Å². The largest absolute Gasteiger partial charge is 0.299 e. The molecule has 0 spiro atoms. The van der Waals surface area contributed by atoms with Crippen LogP contribution in [0, 0.1) is 0 Å². The summed E-state index contributed by atoms with van der Waals surface area (Å²) in [4.78, 5) is 12.2. The third-order valence-corrected chi connectivity index (χ3v) is 5.27. The molecule has 0 atom stereocenters. The van der Waals surface area contributed by atoms with E-state index in [-0.39, 0.29) is 6.54 Å². The van der Waals surface area contributed by atoms with Crippen molar-refractivity contribution in [2.24, 2.45) is 0 Å². The number of carbonyl (C=O) groups is 1. The fourth-order valence-corrected chi connectivity index (χ4v) is 3.29. The SMILES string of the molecule is C=C(NNC(=O)CN(c1ccc(Cl)cc1)S(C)(=O)=O)c1ccc(Br)cc1. The molecule has 0 saturated carbocycles. The van der Waals surface area contributed by atoms with Gasteiger partial charge in [-0.15, -0.1) is 0 Å². The number of carbonyl (C=O) groups excluding carboxylic acids is 1. The third kappa shape index (κ3) is 5.76. The van der Waals surface area contributed by atoms with Gasteiger partial charge in [0.25, 0.3) is 5.91 Å². The number of nitrogens with zero attached hydrogens (tertiary/aromatic N) is 1. The molecule has 2 rings (SSSR count). The number of hydrogen-bond donors (Lipinski definition) is 2. The van der Waals surface area contributed by atoms with Gasteiger partial charge in [-0.1, -0.05) is 46.2 Å². The Balaban J connectivity index is 2.02. The average molecular weight is 459 g/mol. The molecule has 0 heterocycles. The van der Waals surface area contributed by atoms with Crippen molar-refractivity contribution in [1.82, 2.24) is 10.9 Å². The van der Waals surface area contributed by atoms with Gasteiger partial charge in [0.2, 0.25) is 10.0 Å². The first-order chi connectivity index (χ1) is 12.2. The Morgan fingerprint density at radius 3 is 2.23 bits per heavy atom. The molecule has 2 aromatic carbocycles. The Morgan fingerprint density at radius 2 is 1.69 bits per heavy atom. The molecular weight excluding hydrogens is 442 g/mol. The fourth-order valence-electron chi connectivity index (χ4n) is 2.05. The zero-order valence-electron chi connectivity index (χ0n) is 13.9. The van der Waals surface area contributed by atoms with Crippen molar-refractivity contribution in [3.8, 4) is 0 Å². The number of anilines is 1. The topological polar surface area (TPSA) is 78.5 Å². The zero-order valence-corrected chi connectivity index (χ0v) is 17.0. The molecule has 0 radical (unpaired) electrons. The lowest BCUT2D eigenvalue weighted by Crippen LogP contribution is -2.44. The van der Waals surface area contributed by atoms with Crippen LogP contribution in [-0.4, -0.2) is 27.1 Å². The van der Waals surface area contributed by atoms with Crippen LogP contribution in [0.2, 0.25) is 5.02 Å². The van der Waals surface area contributed by atoms with E-state index < -0.39 is 15.9 Å². The second kappa shape index (κ2) is 8.57. The van der Waals surface area contributed by atoms with E-state index in [1.54, 1.807) is 12.1 Å². The van der Waals surface area contributed by atoms with Crippen molar-refractivity contribution in [2.75, 3.05) is 17.1 Å². The molecule has 6 nitrogen and oxygen atoms in total. The maximum absolute atomic E-state index is 12.2. The number of halogens is 2. The highest BCUT2D eigenvalue weighted by atomic mass is 79.9. The average Bonchev–Trinajstić information content (AvgIpc) is 2.58. The summed E-state index contributed by atoms with van der Waals surface area (Å²) < 4.78 is 25.9. The first-order valence-corrected chi connectivity index (χ1v) is 10.4. The van der Waals surface area contributed by atoms with Crippen LogP contribution >= 0.6 is 27.5 Å². The Kier molecular flexibility index (Phi) is 6.69. The van der Waals surface area contributed by atoms with Gasteiger partial charge < -0.3 is 0 Å². The summed E-state index contributed by atoms with van der Waals surface area (Å²) in [6, 6.07) is 13.5. The molecule has 2 aromatic rings. The second-order valence-electron chi connectivity index (χ2n) is 5.40. The lowest BCUT2D eigenvalue weighted by atomic mass is 10.2. The molecule has 0 unspecified atom stereocenters. The summed E-state index contributed by atoms with van der Waals surface area (Å²) in [6.45, 7) is 3.45. The molecule has 26 heavy (non-hydrogen) atoms. The molecule has 0 aliphatic carbocycles. The number of benzene rings is 2. The highest BCUT2D eigenvalue weighted by molar-refractivity contribution is 9.10. The molecule has 0 bridgehead atoms. The van der Waals surface area contributed by atoms with Crippen molar-refractivity contribution < 1.29 is 13.2 Å². The lowest BCUT2D eigenvalue weighted by molar-refractivity contribution is -0.120. The summed E-state index contributed by atoms with van der Waals surface area (Å²) in [5, 5.41) is 0.471. The Morgan fingerprint density at radius 1 is 1.12 bits per heavy atom. The van der Waals surface area contributed by atoms with E-state index in [4.69, 9.17) is 11.6 Å². The number of amides is 1. The van der Waals surface area contributed by atoms with Crippen LogP contribution in [0.25, 0.3) is 5.70 Å². The number of sulfonamides is 1. The molecule has 0 fully saturated rings. The van der Waals surface area contributed by atoms with Gasteiger partial charge in [0, 0.05) is 9.50 Å². The van der Waals surface area contributed by atoms with E-state index in [1.165, 1.54) is 12.1 Å². The summed E-state index contributed by atoms with van der Waals surface area (Å²) in [6.07, 6.45) is 1.03. The van der Waals surface area contributed by atoms with Crippen LogP contribution in [0.15, 0.2) is 59.6 Å². The van der Waals surface area contributed by atoms with Gasteiger partial charge in [-0.3, -0.25) is 20.0 Å². The van der Waals surface area contributed by atoms with Gasteiger partial charge in [-0.2, -0.15) is 0 Å². The molecular formula is C17H17BrClN3O3S. The van der Waals surface area contributed by atoms with Crippen molar-refractivity contribution in [1.29, 1.82) is 0 Å². The second-order valence-corrected chi connectivity index (χ2v) is 8.66. The van der Waals surface area contributed by atoms with Gasteiger partial charge in [0.15, 0.2) is 0 Å². The summed E-state index contributed by atoms with van der Waals surface area (Å²) in [5.74, 6) is -0.538. The van der Waals surface area contributed by atoms with E-state index in [9.17, 15) is 13.2 Å². The van der Waals surface area contributed by atoms with Crippen molar-refractivity contribution in [3.05, 3.63) is 70.2 Å². The van der Waals surface area contributed by atoms with E-state index in [1.807, 2.05) is 24.3 Å². The predicted octanol–water partition coefficient (Wildman–Crippen LogP) is 3.16. The number of hydrazine groups is 1. The van der Waals surface area contributed by atoms with Crippen LogP contribution in [0.4, 0.5) is 5.69 Å². The van der Waals surface area contributed by atoms with Gasteiger partial charge in [-0.05, 0) is 42.0 Å². The van der Waals surface area contributed by atoms with E-state index in [2.05, 4.69) is 33.4 Å². The molecule has 0 aliphatic rings. The van der Waals surface area contributed by atoms with Crippen molar-refractivity contribution in [3.63, 3.8) is 0 Å². The van der Waals surface area contributed by atoms with Gasteiger partial charge >= 0.3 is 0 Å². The molecule has 9 heteroatoms. The Bertz CT molecular complexity index is 900. The quantitative estimate of drug-likeness (QED) is 0.625. The molecule has 0 aliphatic heterocycles. The number of hydrogen-bond acceptors (Lipinski definition) is 4. The van der Waals surface area contributed by atoms with Crippen LogP contribution in [0.3, 0.4) is 0 Å². The maximum atomic E-state index is 12.2. The van der Waals surface area contributed by atoms with Crippen LogP contribution in [0.1, 0.15) is 5.56 Å². The smallest absolute Gasteiger partial charge is 0.259 e. The summed E-state index contributed by atoms with van der Waals surface area (Å²) in [5.41, 5.74) is 6.74. The van der Waals surface area contributed by atoms with Crippen LogP contribution in [-0.2, 0) is 14.8 Å². The lowest BCUT2D eigenvalue weighted by Gasteiger charge is -2.22. The normalized spacial score (nSPS) is 10.9. The first kappa shape index (κ1) is 20.3. The molecule has 1 amide bonds. The first-order valence-electron chi connectivity index (χ1n) is 7.40. The number of rotatable bonds is 7. The molecule has 2 N–H and O–H groups in total. The zero-order chi connectivity index (χ0) is 19.3. The molecule has 0 saturated heterocycles. The van der Waals surface area contributed by atoms with Crippen LogP contribution < -0.4 is 15.2 Å². The summed E-state index contributed by atoms with van der Waals surface area (Å²) >= 11 is 9.16. The van der Waals surface area contributed by atoms with E-state index in [0.717, 1.165) is 20.6 Å². The predicted molar refractivity (Wildman–Crippen MR) is 108 cm³/mol. The minimum atomic E-state index is -3.65. The third-order valence-electron chi connectivity index (χ3n) is 3.35. The van der Waals surface area contributed by atoms with Gasteiger partial charge in [0.05, 0.1) is 17.6 Å². The fraction of sp³-hybridized carbons (Fsp3) is 0.118. The Labute approximate surface area is 166 Å². The monoisotopic (exact) mass is 457 g/mol. The highest BCUT2D eigenvalue weighted by Gasteiger charge is 2.20. The van der Waals surface area contributed by atoms with Crippen molar-refractivity contribution in [2.45, 2.75) is 0 Å². The van der Waals surface area contributed by atoms with Crippen molar-refractivity contribution >= 4 is 54.8 Å². The van der Waals surface area contributed by atoms with Crippen LogP contribution in [0.5, 0.6) is 0 Å². The van der Waals surface area contributed by atoms with Gasteiger partial charge in [-0.25, -0.2) is 8.42 Å². The number of nitrogens with one attached hydrogen (secondary N) is 2. The standard InChI is InChI=1S/C17H17BrClN3O3S/c1-12(13-3-5-14(18)6-4-13)20-21-17(23)11-22(26(2,24)25)16-9-7-15(19)8-10-16/h3-10,20H,1,11H2,2H3,(H,21,23).